The Balaban J connectivity index is 2.23. The quantitative estimate of drug-likeness (QED) is 0.881. The minimum Gasteiger partial charge on any atom is -0.309 e. The molecule has 0 amide bonds. The molecule has 1 unspecified atom stereocenters. The lowest BCUT2D eigenvalue weighted by Crippen LogP contribution is -2.18. The summed E-state index contributed by atoms with van der Waals surface area (Å²) in [5.41, 5.74) is 1.25. The summed E-state index contributed by atoms with van der Waals surface area (Å²) in [6, 6.07) is 5.70. The van der Waals surface area contributed by atoms with Crippen LogP contribution in [0.25, 0.3) is 10.6 Å². The molecular formula is C15H19FN2S. The third-order valence-electron chi connectivity index (χ3n) is 3.07. The smallest absolute Gasteiger partial charge is 0.136 e. The van der Waals surface area contributed by atoms with Crippen molar-refractivity contribution in [3.8, 4) is 10.6 Å². The minimum atomic E-state index is -0.169. The molecule has 19 heavy (non-hydrogen) atoms. The average Bonchev–Trinajstić information content (AvgIpc) is 2.88. The van der Waals surface area contributed by atoms with Gasteiger partial charge in [-0.05, 0) is 38.4 Å². The van der Waals surface area contributed by atoms with Gasteiger partial charge in [0.1, 0.15) is 10.8 Å². The number of aromatic nitrogens is 1. The maximum absolute atomic E-state index is 14.1. The highest BCUT2D eigenvalue weighted by Crippen LogP contribution is 2.31. The van der Waals surface area contributed by atoms with Crippen molar-refractivity contribution in [1.29, 1.82) is 0 Å². The number of nitrogens with zero attached hydrogens (tertiary/aromatic N) is 1. The van der Waals surface area contributed by atoms with Gasteiger partial charge < -0.3 is 5.32 Å². The van der Waals surface area contributed by atoms with Crippen LogP contribution in [0.2, 0.25) is 0 Å². The Morgan fingerprint density at radius 3 is 2.95 bits per heavy atom. The van der Waals surface area contributed by atoms with Crippen LogP contribution in [0, 0.1) is 12.7 Å². The average molecular weight is 278 g/mol. The van der Waals surface area contributed by atoms with Crippen LogP contribution in [-0.4, -0.2) is 11.5 Å². The number of rotatable bonds is 5. The van der Waals surface area contributed by atoms with Gasteiger partial charge in [-0.15, -0.1) is 11.3 Å². The van der Waals surface area contributed by atoms with Gasteiger partial charge in [0.2, 0.25) is 0 Å². The second kappa shape index (κ2) is 6.26. The molecule has 0 bridgehead atoms. The summed E-state index contributed by atoms with van der Waals surface area (Å²) >= 11 is 1.55. The van der Waals surface area contributed by atoms with Crippen LogP contribution >= 0.6 is 11.3 Å². The molecule has 102 valence electrons. The molecule has 1 aromatic heterocycles. The van der Waals surface area contributed by atoms with Gasteiger partial charge in [-0.1, -0.05) is 19.1 Å². The van der Waals surface area contributed by atoms with E-state index in [4.69, 9.17) is 0 Å². The van der Waals surface area contributed by atoms with E-state index >= 15 is 0 Å². The van der Waals surface area contributed by atoms with Crippen molar-refractivity contribution >= 4 is 11.3 Å². The van der Waals surface area contributed by atoms with E-state index in [1.807, 2.05) is 12.3 Å². The molecule has 0 saturated heterocycles. The van der Waals surface area contributed by atoms with E-state index < -0.39 is 0 Å². The zero-order valence-corrected chi connectivity index (χ0v) is 12.4. The molecule has 1 atom stereocenters. The van der Waals surface area contributed by atoms with E-state index in [9.17, 15) is 4.39 Å². The minimum absolute atomic E-state index is 0.169. The molecule has 1 aromatic carbocycles. The van der Waals surface area contributed by atoms with E-state index in [1.165, 1.54) is 0 Å². The largest absolute Gasteiger partial charge is 0.309 e. The monoisotopic (exact) mass is 278 g/mol. The highest BCUT2D eigenvalue weighted by molar-refractivity contribution is 7.15. The molecule has 0 fully saturated rings. The Bertz CT molecular complexity index is 551. The summed E-state index contributed by atoms with van der Waals surface area (Å²) in [6.07, 6.45) is 2.94. The molecule has 0 aliphatic heterocycles. The Morgan fingerprint density at radius 1 is 1.42 bits per heavy atom. The highest BCUT2D eigenvalue weighted by atomic mass is 32.1. The lowest BCUT2D eigenvalue weighted by molar-refractivity contribution is 0.577. The van der Waals surface area contributed by atoms with E-state index in [0.29, 0.717) is 11.1 Å². The Hall–Kier alpha value is -1.26. The van der Waals surface area contributed by atoms with E-state index in [0.717, 1.165) is 22.9 Å². The molecule has 2 nitrogen and oxygen atoms in total. The molecular weight excluding hydrogens is 259 g/mol. The molecule has 2 aromatic rings. The van der Waals surface area contributed by atoms with Crippen LogP contribution in [0.4, 0.5) is 4.39 Å². The Labute approximate surface area is 117 Å². The number of halogens is 1. The van der Waals surface area contributed by atoms with Crippen molar-refractivity contribution in [3.05, 3.63) is 40.7 Å². The molecule has 0 radical (unpaired) electrons. The van der Waals surface area contributed by atoms with Crippen molar-refractivity contribution in [1.82, 2.24) is 10.3 Å². The Morgan fingerprint density at radius 2 is 2.21 bits per heavy atom. The van der Waals surface area contributed by atoms with E-state index in [2.05, 4.69) is 24.1 Å². The van der Waals surface area contributed by atoms with Crippen molar-refractivity contribution in [2.75, 3.05) is 6.54 Å². The zero-order valence-electron chi connectivity index (χ0n) is 11.5. The van der Waals surface area contributed by atoms with Crippen molar-refractivity contribution in [2.45, 2.75) is 33.2 Å². The highest BCUT2D eigenvalue weighted by Gasteiger charge is 2.13. The molecule has 0 spiro atoms. The van der Waals surface area contributed by atoms with Gasteiger partial charge in [-0.25, -0.2) is 9.37 Å². The van der Waals surface area contributed by atoms with Crippen LogP contribution in [0.1, 0.15) is 36.8 Å². The topological polar surface area (TPSA) is 24.9 Å². The van der Waals surface area contributed by atoms with E-state index in [-0.39, 0.29) is 11.9 Å². The summed E-state index contributed by atoms with van der Waals surface area (Å²) in [7, 11) is 0. The van der Waals surface area contributed by atoms with Crippen molar-refractivity contribution < 1.29 is 4.39 Å². The molecule has 0 saturated carbocycles. The van der Waals surface area contributed by atoms with Crippen molar-refractivity contribution in [2.24, 2.45) is 0 Å². The number of hydrogen-bond acceptors (Lipinski definition) is 3. The third-order valence-corrected chi connectivity index (χ3v) is 4.29. The zero-order chi connectivity index (χ0) is 13.8. The SMILES string of the molecule is CCCNC(C)c1cnc(-c2cccc(C)c2F)s1. The second-order valence-electron chi connectivity index (χ2n) is 4.68. The number of hydrogen-bond donors (Lipinski definition) is 1. The lowest BCUT2D eigenvalue weighted by atomic mass is 10.1. The van der Waals surface area contributed by atoms with Gasteiger partial charge in [-0.2, -0.15) is 0 Å². The summed E-state index contributed by atoms with van der Waals surface area (Å²) in [6.45, 7) is 7.01. The first-order valence-corrected chi connectivity index (χ1v) is 7.39. The summed E-state index contributed by atoms with van der Waals surface area (Å²) in [4.78, 5) is 5.50. The fraction of sp³-hybridized carbons (Fsp3) is 0.400. The first-order valence-electron chi connectivity index (χ1n) is 6.58. The van der Waals surface area contributed by atoms with Gasteiger partial charge in [0.15, 0.2) is 0 Å². The van der Waals surface area contributed by atoms with Crippen LogP contribution in [0.3, 0.4) is 0 Å². The second-order valence-corrected chi connectivity index (χ2v) is 5.74. The van der Waals surface area contributed by atoms with Crippen LogP contribution < -0.4 is 5.32 Å². The number of nitrogens with one attached hydrogen (secondary N) is 1. The number of thiazole rings is 1. The first-order chi connectivity index (χ1) is 9.13. The molecule has 2 rings (SSSR count). The fourth-order valence-electron chi connectivity index (χ4n) is 1.89. The molecule has 0 aliphatic rings. The van der Waals surface area contributed by atoms with Crippen LogP contribution in [-0.2, 0) is 0 Å². The van der Waals surface area contributed by atoms with Crippen molar-refractivity contribution in [3.63, 3.8) is 0 Å². The molecule has 1 heterocycles. The fourth-order valence-corrected chi connectivity index (χ4v) is 2.85. The predicted octanol–water partition coefficient (Wildman–Crippen LogP) is 4.32. The molecule has 0 aliphatic carbocycles. The van der Waals surface area contributed by atoms with Gasteiger partial charge in [-0.3, -0.25) is 0 Å². The standard InChI is InChI=1S/C15H19FN2S/c1-4-8-17-11(3)13-9-18-15(19-13)12-7-5-6-10(2)14(12)16/h5-7,9,11,17H,4,8H2,1-3H3. The third kappa shape index (κ3) is 3.19. The van der Waals surface area contributed by atoms with Gasteiger partial charge >= 0.3 is 0 Å². The maximum Gasteiger partial charge on any atom is 0.136 e. The maximum atomic E-state index is 14.1. The predicted molar refractivity (Wildman–Crippen MR) is 79.0 cm³/mol. The number of aryl methyl sites for hydroxylation is 1. The van der Waals surface area contributed by atoms with Crippen LogP contribution in [0.15, 0.2) is 24.4 Å². The lowest BCUT2D eigenvalue weighted by Gasteiger charge is -2.09. The number of benzene rings is 1. The Kier molecular flexibility index (Phi) is 4.66. The summed E-state index contributed by atoms with van der Waals surface area (Å²) < 4.78 is 14.1. The molecule has 1 N–H and O–H groups in total. The normalized spacial score (nSPS) is 12.6. The van der Waals surface area contributed by atoms with Gasteiger partial charge in [0, 0.05) is 22.7 Å². The summed E-state index contributed by atoms with van der Waals surface area (Å²) in [5, 5.41) is 4.17. The summed E-state index contributed by atoms with van der Waals surface area (Å²) in [5.74, 6) is -0.169. The van der Waals surface area contributed by atoms with E-state index in [1.54, 1.807) is 30.4 Å². The first kappa shape index (κ1) is 14.2. The van der Waals surface area contributed by atoms with Gasteiger partial charge in [0.25, 0.3) is 0 Å². The van der Waals surface area contributed by atoms with Crippen LogP contribution in [0.5, 0.6) is 0 Å². The van der Waals surface area contributed by atoms with Gasteiger partial charge in [0.05, 0.1) is 0 Å². The molecule has 4 heteroatoms.